The van der Waals surface area contributed by atoms with Crippen LogP contribution >= 0.6 is 0 Å². The molecule has 1 saturated heterocycles. The van der Waals surface area contributed by atoms with Crippen LogP contribution in [0, 0.1) is 0 Å². The summed E-state index contributed by atoms with van der Waals surface area (Å²) in [5, 5.41) is 6.61. The number of para-hydroxylation sites is 1. The molecule has 0 bridgehead atoms. The van der Waals surface area contributed by atoms with Crippen LogP contribution in [0.2, 0.25) is 0 Å². The average Bonchev–Trinajstić information content (AvgIpc) is 3.24. The molecule has 3 aromatic rings. The second-order valence-corrected chi connectivity index (χ2v) is 10.7. The van der Waals surface area contributed by atoms with Gasteiger partial charge in [0.1, 0.15) is 5.69 Å². The maximum absolute atomic E-state index is 12.4. The summed E-state index contributed by atoms with van der Waals surface area (Å²) in [4.78, 5) is 19.6. The number of benzene rings is 2. The Labute approximate surface area is 230 Å². The minimum Gasteiger partial charge on any atom is -0.465 e. The van der Waals surface area contributed by atoms with Gasteiger partial charge in [-0.15, -0.1) is 0 Å². The van der Waals surface area contributed by atoms with Crippen molar-refractivity contribution >= 4 is 23.2 Å². The molecule has 39 heavy (non-hydrogen) atoms. The Kier molecular flexibility index (Phi) is 7.48. The molecule has 3 heterocycles. The standard InChI is InChI=1S/C30H38N6O3/c1-19(2)39-30(31)33-25-18-26(22-12-10-20(11-13-22)21-14-16-35(3)17-15-21)36(4)27(25)28(34-30)32-24-9-7-6-8-23(24)29(37)38-5/h6-13,18-19,21,33H,14-17,31H2,1-5H3,(H,32,34). The van der Waals surface area contributed by atoms with Crippen LogP contribution in [-0.4, -0.2) is 60.6 Å². The first-order valence-electron chi connectivity index (χ1n) is 13.5. The third-order valence-corrected chi connectivity index (χ3v) is 7.45. The van der Waals surface area contributed by atoms with Crippen molar-refractivity contribution in [2.45, 2.75) is 44.7 Å². The molecule has 0 spiro atoms. The first-order chi connectivity index (χ1) is 18.7. The minimum atomic E-state index is -1.49. The highest BCUT2D eigenvalue weighted by molar-refractivity contribution is 6.14. The Balaban J connectivity index is 1.51. The van der Waals surface area contributed by atoms with Gasteiger partial charge in [0.2, 0.25) is 0 Å². The zero-order valence-electron chi connectivity index (χ0n) is 23.3. The number of hydrogen-bond donors (Lipinski definition) is 3. The van der Waals surface area contributed by atoms with Crippen molar-refractivity contribution in [1.29, 1.82) is 0 Å². The minimum absolute atomic E-state index is 0.174. The molecule has 2 aliphatic heterocycles. The number of nitrogens with two attached hydrogens (primary N) is 1. The Morgan fingerprint density at radius 3 is 2.49 bits per heavy atom. The van der Waals surface area contributed by atoms with E-state index in [1.165, 1.54) is 25.5 Å². The van der Waals surface area contributed by atoms with Gasteiger partial charge in [-0.05, 0) is 82.1 Å². The van der Waals surface area contributed by atoms with Crippen molar-refractivity contribution in [1.82, 2.24) is 9.47 Å². The summed E-state index contributed by atoms with van der Waals surface area (Å²) in [5.74, 6) is -0.842. The lowest BCUT2D eigenvalue weighted by Crippen LogP contribution is -2.53. The molecule has 5 rings (SSSR count). The number of methoxy groups -OCH3 is 1. The highest BCUT2D eigenvalue weighted by Gasteiger charge is 2.36. The molecule has 9 nitrogen and oxygen atoms in total. The van der Waals surface area contributed by atoms with Crippen LogP contribution in [0.15, 0.2) is 59.6 Å². The Bertz CT molecular complexity index is 1370. The summed E-state index contributed by atoms with van der Waals surface area (Å²) in [5.41, 5.74) is 12.6. The van der Waals surface area contributed by atoms with Gasteiger partial charge in [-0.2, -0.15) is 4.99 Å². The molecular weight excluding hydrogens is 492 g/mol. The molecule has 2 aliphatic rings. The monoisotopic (exact) mass is 530 g/mol. The van der Waals surface area contributed by atoms with E-state index in [0.717, 1.165) is 35.7 Å². The van der Waals surface area contributed by atoms with E-state index >= 15 is 0 Å². The number of aromatic nitrogens is 1. The largest absolute Gasteiger partial charge is 0.465 e. The number of carbonyl (C=O) groups is 1. The maximum Gasteiger partial charge on any atom is 0.339 e. The van der Waals surface area contributed by atoms with Gasteiger partial charge in [-0.25, -0.2) is 4.79 Å². The lowest BCUT2D eigenvalue weighted by Gasteiger charge is -2.33. The topological polar surface area (TPSA) is 106 Å². The van der Waals surface area contributed by atoms with E-state index in [1.807, 2.05) is 33.0 Å². The van der Waals surface area contributed by atoms with Crippen LogP contribution in [-0.2, 0) is 16.5 Å². The predicted octanol–water partition coefficient (Wildman–Crippen LogP) is 4.57. The molecule has 1 unspecified atom stereocenters. The van der Waals surface area contributed by atoms with Crippen LogP contribution in [0.1, 0.15) is 54.2 Å². The number of amidine groups is 1. The smallest absolute Gasteiger partial charge is 0.339 e. The number of carbonyl (C=O) groups excluding carboxylic acids is 1. The molecule has 0 amide bonds. The number of esters is 1. The van der Waals surface area contributed by atoms with Crippen molar-refractivity contribution in [3.8, 4) is 11.3 Å². The SMILES string of the molecule is COC(=O)c1ccccc1NC1=NC(N)(OC(C)C)Nc2cc(-c3ccc(C4CCN(C)CC4)cc3)n(C)c21. The number of hydrogen-bond acceptors (Lipinski definition) is 8. The van der Waals surface area contributed by atoms with Crippen molar-refractivity contribution < 1.29 is 14.3 Å². The zero-order valence-corrected chi connectivity index (χ0v) is 23.3. The second-order valence-electron chi connectivity index (χ2n) is 10.7. The Hall–Kier alpha value is -3.66. The number of likely N-dealkylation sites (tertiary alicyclic amines) is 1. The first-order valence-corrected chi connectivity index (χ1v) is 13.5. The number of ether oxygens (including phenoxy) is 2. The van der Waals surface area contributed by atoms with Gasteiger partial charge in [0.15, 0.2) is 5.84 Å². The van der Waals surface area contributed by atoms with E-state index in [9.17, 15) is 4.79 Å². The Morgan fingerprint density at radius 1 is 1.13 bits per heavy atom. The average molecular weight is 531 g/mol. The van der Waals surface area contributed by atoms with Gasteiger partial charge in [0.25, 0.3) is 5.97 Å². The fraction of sp³-hybridized carbons (Fsp3) is 0.400. The van der Waals surface area contributed by atoms with Gasteiger partial charge in [-0.1, -0.05) is 36.4 Å². The van der Waals surface area contributed by atoms with Gasteiger partial charge >= 0.3 is 5.97 Å². The summed E-state index contributed by atoms with van der Waals surface area (Å²) in [6.45, 7) is 6.08. The number of aliphatic imine (C=N–C) groups is 1. The van der Waals surface area contributed by atoms with Crippen LogP contribution in [0.25, 0.3) is 11.3 Å². The van der Waals surface area contributed by atoms with Crippen molar-refractivity contribution in [2.24, 2.45) is 17.8 Å². The summed E-state index contributed by atoms with van der Waals surface area (Å²) < 4.78 is 13.0. The summed E-state index contributed by atoms with van der Waals surface area (Å²) in [6, 6.07) is 18.1. The first kappa shape index (κ1) is 26.9. The van der Waals surface area contributed by atoms with E-state index in [0.29, 0.717) is 23.0 Å². The molecule has 9 heteroatoms. The van der Waals surface area contributed by atoms with E-state index in [4.69, 9.17) is 20.2 Å². The van der Waals surface area contributed by atoms with E-state index < -0.39 is 11.9 Å². The third-order valence-electron chi connectivity index (χ3n) is 7.45. The van der Waals surface area contributed by atoms with Crippen LogP contribution < -0.4 is 16.4 Å². The van der Waals surface area contributed by atoms with Crippen LogP contribution in [0.5, 0.6) is 0 Å². The molecule has 2 aromatic carbocycles. The van der Waals surface area contributed by atoms with Gasteiger partial charge in [0, 0.05) is 7.05 Å². The number of fused-ring (bicyclic) bond motifs is 1. The molecule has 0 radical (unpaired) electrons. The number of nitrogens with zero attached hydrogens (tertiary/aromatic N) is 3. The fourth-order valence-electron chi connectivity index (χ4n) is 5.48. The van der Waals surface area contributed by atoms with E-state index in [-0.39, 0.29) is 6.10 Å². The quantitative estimate of drug-likeness (QED) is 0.317. The summed E-state index contributed by atoms with van der Waals surface area (Å²) in [6.07, 6.45) is 2.20. The van der Waals surface area contributed by atoms with Crippen LogP contribution in [0.3, 0.4) is 0 Å². The van der Waals surface area contributed by atoms with Crippen molar-refractivity contribution in [2.75, 3.05) is 37.9 Å². The van der Waals surface area contributed by atoms with Crippen molar-refractivity contribution in [3.63, 3.8) is 0 Å². The lowest BCUT2D eigenvalue weighted by atomic mass is 9.89. The van der Waals surface area contributed by atoms with Gasteiger partial charge in [0.05, 0.1) is 35.8 Å². The molecule has 1 atom stereocenters. The highest BCUT2D eigenvalue weighted by Crippen LogP contribution is 2.36. The molecule has 1 fully saturated rings. The van der Waals surface area contributed by atoms with Crippen LogP contribution in [0.4, 0.5) is 11.4 Å². The molecule has 0 saturated carbocycles. The number of rotatable bonds is 6. The van der Waals surface area contributed by atoms with Gasteiger partial charge in [-0.3, -0.25) is 5.73 Å². The van der Waals surface area contributed by atoms with E-state index in [1.54, 1.807) is 12.1 Å². The molecule has 206 valence electrons. The molecule has 4 N–H and O–H groups in total. The normalized spacial score (nSPS) is 19.8. The summed E-state index contributed by atoms with van der Waals surface area (Å²) >= 11 is 0. The third kappa shape index (κ3) is 5.56. The summed E-state index contributed by atoms with van der Waals surface area (Å²) in [7, 11) is 5.55. The molecule has 0 aliphatic carbocycles. The highest BCUT2D eigenvalue weighted by atomic mass is 16.5. The van der Waals surface area contributed by atoms with Gasteiger partial charge < -0.3 is 29.6 Å². The lowest BCUT2D eigenvalue weighted by molar-refractivity contribution is -0.0515. The molecule has 1 aromatic heterocycles. The molecular formula is C30H38N6O3. The number of anilines is 2. The fourth-order valence-corrected chi connectivity index (χ4v) is 5.48. The second kappa shape index (κ2) is 10.8. The Morgan fingerprint density at radius 2 is 1.82 bits per heavy atom. The zero-order chi connectivity index (χ0) is 27.7. The van der Waals surface area contributed by atoms with Crippen molar-refractivity contribution in [3.05, 3.63) is 71.4 Å². The number of nitrogens with one attached hydrogen (secondary N) is 2. The van der Waals surface area contributed by atoms with E-state index in [2.05, 4.69) is 57.5 Å². The predicted molar refractivity (Wildman–Crippen MR) is 155 cm³/mol. The maximum atomic E-state index is 12.4. The number of piperidine rings is 1.